The molecule has 0 aliphatic carbocycles. The van der Waals surface area contributed by atoms with Crippen molar-refractivity contribution in [2.75, 3.05) is 18.9 Å². The van der Waals surface area contributed by atoms with Crippen LogP contribution in [0.5, 0.6) is 0 Å². The second-order valence-corrected chi connectivity index (χ2v) is 5.14. The highest BCUT2D eigenvalue weighted by atomic mass is 19.1. The Hall–Kier alpha value is -3.20. The molecule has 0 spiro atoms. The summed E-state index contributed by atoms with van der Waals surface area (Å²) in [5, 5.41) is 10.7. The van der Waals surface area contributed by atoms with Crippen LogP contribution >= 0.6 is 0 Å². The molecule has 2 aromatic heterocycles. The number of nitrogens with two attached hydrogens (primary N) is 1. The zero-order valence-corrected chi connectivity index (χ0v) is 16.6. The van der Waals surface area contributed by atoms with Crippen molar-refractivity contribution in [1.82, 2.24) is 25.0 Å². The summed E-state index contributed by atoms with van der Waals surface area (Å²) in [7, 11) is 1.50. The zero-order chi connectivity index (χ0) is 20.9. The van der Waals surface area contributed by atoms with Crippen molar-refractivity contribution in [3.05, 3.63) is 53.9 Å². The van der Waals surface area contributed by atoms with Crippen LogP contribution in [0.1, 0.15) is 29.9 Å². The van der Waals surface area contributed by atoms with Crippen LogP contribution in [0.15, 0.2) is 36.8 Å². The fourth-order valence-corrected chi connectivity index (χ4v) is 2.27. The number of benzene rings is 1. The minimum Gasteiger partial charge on any atom is -0.352 e. The van der Waals surface area contributed by atoms with Gasteiger partial charge in [-0.15, -0.1) is 5.10 Å². The number of aromatic nitrogens is 5. The highest BCUT2D eigenvalue weighted by Crippen LogP contribution is 2.24. The Balaban J connectivity index is 0.000000921. The summed E-state index contributed by atoms with van der Waals surface area (Å²) in [4.78, 5) is 19.5. The van der Waals surface area contributed by atoms with Crippen molar-refractivity contribution in [3.8, 4) is 11.1 Å². The van der Waals surface area contributed by atoms with Gasteiger partial charge in [0.15, 0.2) is 6.29 Å². The van der Waals surface area contributed by atoms with Gasteiger partial charge < -0.3 is 11.1 Å². The maximum atomic E-state index is 13.4. The zero-order valence-electron chi connectivity index (χ0n) is 16.6. The predicted molar refractivity (Wildman–Crippen MR) is 108 cm³/mol. The van der Waals surface area contributed by atoms with Crippen LogP contribution in [0, 0.1) is 12.7 Å². The molecule has 0 aliphatic rings. The number of hydrogen-bond donors (Lipinski definition) is 2. The molecule has 0 unspecified atom stereocenters. The minimum absolute atomic E-state index is 0.0157. The Morgan fingerprint density at radius 2 is 2.04 bits per heavy atom. The normalized spacial score (nSPS) is 9.50. The molecule has 0 radical (unpaired) electrons. The average Bonchev–Trinajstić information content (AvgIpc) is 3.25. The van der Waals surface area contributed by atoms with Gasteiger partial charge in [-0.1, -0.05) is 25.1 Å². The molecular weight excluding hydrogens is 361 g/mol. The lowest BCUT2D eigenvalue weighted by atomic mass is 10.0. The van der Waals surface area contributed by atoms with E-state index in [1.807, 2.05) is 20.8 Å². The van der Waals surface area contributed by atoms with Gasteiger partial charge in [-0.25, -0.2) is 14.4 Å². The van der Waals surface area contributed by atoms with Gasteiger partial charge >= 0.3 is 0 Å². The Kier molecular flexibility index (Phi) is 9.98. The summed E-state index contributed by atoms with van der Waals surface area (Å²) >= 11 is 0. The molecule has 3 aromatic rings. The lowest BCUT2D eigenvalue weighted by Gasteiger charge is -2.09. The number of carbonyl (C=O) groups is 1. The highest BCUT2D eigenvalue weighted by molar-refractivity contribution is 5.79. The smallest absolute Gasteiger partial charge is 0.222 e. The summed E-state index contributed by atoms with van der Waals surface area (Å²) < 4.78 is 15.1. The first-order chi connectivity index (χ1) is 13.7. The molecule has 0 saturated carbocycles. The fraction of sp³-hybridized carbons (Fsp3) is 0.316. The van der Waals surface area contributed by atoms with Crippen LogP contribution in [0.3, 0.4) is 0 Å². The lowest BCUT2D eigenvalue weighted by molar-refractivity contribution is 0.112. The lowest BCUT2D eigenvalue weighted by Crippen LogP contribution is -2.13. The van der Waals surface area contributed by atoms with E-state index in [2.05, 4.69) is 31.3 Å². The predicted octanol–water partition coefficient (Wildman–Crippen LogP) is 2.71. The topological polar surface area (TPSA) is 112 Å². The first-order valence-corrected chi connectivity index (χ1v) is 8.92. The number of anilines is 1. The number of rotatable bonds is 6. The van der Waals surface area contributed by atoms with Gasteiger partial charge in [-0.2, -0.15) is 0 Å². The van der Waals surface area contributed by atoms with Crippen molar-refractivity contribution >= 4 is 12.2 Å². The van der Waals surface area contributed by atoms with E-state index in [-0.39, 0.29) is 5.56 Å². The average molecular weight is 387 g/mol. The first-order valence-electron chi connectivity index (χ1n) is 8.92. The third-order valence-electron chi connectivity index (χ3n) is 3.51. The molecule has 0 aliphatic heterocycles. The molecule has 3 N–H and O–H groups in total. The number of aldehydes is 1. The van der Waals surface area contributed by atoms with Crippen LogP contribution in [-0.2, 0) is 6.54 Å². The fourth-order valence-electron chi connectivity index (χ4n) is 2.27. The summed E-state index contributed by atoms with van der Waals surface area (Å²) in [6.45, 7) is 7.09. The minimum atomic E-state index is -0.543. The summed E-state index contributed by atoms with van der Waals surface area (Å²) in [6, 6.07) is 4.36. The molecule has 1 aromatic carbocycles. The number of carbonyl (C=O) groups excluding carboxylic acids is 1. The maximum absolute atomic E-state index is 13.4. The molecule has 150 valence electrons. The van der Waals surface area contributed by atoms with E-state index in [1.54, 1.807) is 29.3 Å². The van der Waals surface area contributed by atoms with Gasteiger partial charge in [0, 0.05) is 24.5 Å². The first kappa shape index (κ1) is 22.8. The van der Waals surface area contributed by atoms with Crippen molar-refractivity contribution in [3.63, 3.8) is 0 Å². The molecule has 0 amide bonds. The molecule has 8 nitrogen and oxygen atoms in total. The van der Waals surface area contributed by atoms with Crippen LogP contribution < -0.4 is 11.1 Å². The third kappa shape index (κ3) is 6.20. The monoisotopic (exact) mass is 387 g/mol. The Labute approximate surface area is 164 Å². The van der Waals surface area contributed by atoms with Crippen molar-refractivity contribution < 1.29 is 9.18 Å². The van der Waals surface area contributed by atoms with E-state index in [0.717, 1.165) is 11.3 Å². The van der Waals surface area contributed by atoms with E-state index in [9.17, 15) is 9.18 Å². The van der Waals surface area contributed by atoms with Gasteiger partial charge in [0.2, 0.25) is 5.95 Å². The molecule has 28 heavy (non-hydrogen) atoms. The van der Waals surface area contributed by atoms with Gasteiger partial charge in [-0.05, 0) is 31.7 Å². The Bertz CT molecular complexity index is 853. The van der Waals surface area contributed by atoms with Crippen molar-refractivity contribution in [2.24, 2.45) is 5.73 Å². The van der Waals surface area contributed by atoms with Gasteiger partial charge in [0.1, 0.15) is 5.82 Å². The van der Waals surface area contributed by atoms with E-state index in [0.29, 0.717) is 30.9 Å². The number of hydrogen-bond acceptors (Lipinski definition) is 7. The number of aryl methyl sites for hydroxylation is 1. The third-order valence-corrected chi connectivity index (χ3v) is 3.51. The molecule has 2 heterocycles. The van der Waals surface area contributed by atoms with Gasteiger partial charge in [-0.3, -0.25) is 9.48 Å². The SMILES string of the molecule is CC.CN.Cc1nc(NCCn2ccnn2)ncc1-c1ccc(F)c(C=O)c1. The second kappa shape index (κ2) is 12.2. The molecule has 9 heteroatoms. The van der Waals surface area contributed by atoms with Crippen molar-refractivity contribution in [2.45, 2.75) is 27.3 Å². The Morgan fingerprint density at radius 1 is 1.29 bits per heavy atom. The summed E-state index contributed by atoms with van der Waals surface area (Å²) in [5.41, 5.74) is 6.70. The number of nitrogens with one attached hydrogen (secondary N) is 1. The molecule has 0 bridgehead atoms. The highest BCUT2D eigenvalue weighted by Gasteiger charge is 2.09. The van der Waals surface area contributed by atoms with Crippen molar-refractivity contribution in [1.29, 1.82) is 0 Å². The van der Waals surface area contributed by atoms with Gasteiger partial charge in [0.05, 0.1) is 24.0 Å². The van der Waals surface area contributed by atoms with E-state index >= 15 is 0 Å². The Morgan fingerprint density at radius 3 is 2.64 bits per heavy atom. The summed E-state index contributed by atoms with van der Waals surface area (Å²) in [6.07, 6.45) is 5.54. The van der Waals surface area contributed by atoms with Gasteiger partial charge in [0.25, 0.3) is 0 Å². The molecule has 3 rings (SSSR count). The number of halogens is 1. The van der Waals surface area contributed by atoms with Crippen LogP contribution in [-0.4, -0.2) is 44.8 Å². The van der Waals surface area contributed by atoms with E-state index in [4.69, 9.17) is 0 Å². The van der Waals surface area contributed by atoms with Crippen LogP contribution in [0.4, 0.5) is 10.3 Å². The molecular formula is C19H26FN7O. The standard InChI is InChI=1S/C16H15FN6O.C2H6.CH5N/c1-11-14(12-2-3-15(17)13(8-12)10-24)9-19-16(21-11)18-4-6-23-7-5-20-22-23;2*1-2/h2-3,5,7-10H,4,6H2,1H3,(H,18,19,21);1-2H3;2H2,1H3. The van der Waals surface area contributed by atoms with Crippen LogP contribution in [0.25, 0.3) is 11.1 Å². The van der Waals surface area contributed by atoms with Crippen LogP contribution in [0.2, 0.25) is 0 Å². The van der Waals surface area contributed by atoms with E-state index < -0.39 is 5.82 Å². The molecule has 0 atom stereocenters. The quantitative estimate of drug-likeness (QED) is 0.625. The molecule has 0 fully saturated rings. The second-order valence-electron chi connectivity index (χ2n) is 5.14. The largest absolute Gasteiger partial charge is 0.352 e. The maximum Gasteiger partial charge on any atom is 0.222 e. The summed E-state index contributed by atoms with van der Waals surface area (Å²) in [5.74, 6) is -0.0483. The number of nitrogens with zero attached hydrogens (tertiary/aromatic N) is 5. The van der Waals surface area contributed by atoms with E-state index in [1.165, 1.54) is 19.2 Å². The molecule has 0 saturated heterocycles.